The van der Waals surface area contributed by atoms with Crippen LogP contribution >= 0.6 is 0 Å². The number of hydrogen-bond acceptors (Lipinski definition) is 2. The van der Waals surface area contributed by atoms with Gasteiger partial charge in [-0.2, -0.15) is 5.06 Å². The van der Waals surface area contributed by atoms with Crippen LogP contribution in [0.2, 0.25) is 0 Å². The van der Waals surface area contributed by atoms with Gasteiger partial charge >= 0.3 is 0 Å². The molecule has 0 saturated heterocycles. The molecule has 1 unspecified atom stereocenters. The zero-order chi connectivity index (χ0) is 12.5. The van der Waals surface area contributed by atoms with Crippen LogP contribution in [0.5, 0.6) is 0 Å². The van der Waals surface area contributed by atoms with E-state index in [1.807, 2.05) is 34.6 Å². The van der Waals surface area contributed by atoms with E-state index in [0.717, 1.165) is 0 Å². The van der Waals surface area contributed by atoms with Gasteiger partial charge in [0.25, 0.3) is 0 Å². The van der Waals surface area contributed by atoms with E-state index in [1.54, 1.807) is 0 Å². The Morgan fingerprint density at radius 1 is 1.25 bits per heavy atom. The fourth-order valence-electron chi connectivity index (χ4n) is 2.32. The third-order valence-electron chi connectivity index (χ3n) is 3.26. The van der Waals surface area contributed by atoms with Gasteiger partial charge in [-0.05, 0) is 38.8 Å². The Morgan fingerprint density at radius 2 is 1.81 bits per heavy atom. The molecule has 1 aliphatic rings. The lowest BCUT2D eigenvalue weighted by atomic mass is 9.93. The summed E-state index contributed by atoms with van der Waals surface area (Å²) in [5, 5.41) is 11.4. The number of benzene rings is 1. The molecule has 1 aromatic rings. The van der Waals surface area contributed by atoms with E-state index >= 15 is 0 Å². The molecule has 0 saturated carbocycles. The summed E-state index contributed by atoms with van der Waals surface area (Å²) in [5.74, 6) is 0. The summed E-state index contributed by atoms with van der Waals surface area (Å²) >= 11 is 0. The Morgan fingerprint density at radius 3 is 2.38 bits per heavy atom. The Hall–Kier alpha value is -0.860. The van der Waals surface area contributed by atoms with Gasteiger partial charge in [-0.3, -0.25) is 0 Å². The normalized spacial score (nSPS) is 22.3. The number of nitrogens with zero attached hydrogens (tertiary/aromatic N) is 1. The molecule has 1 heterocycles. The fraction of sp³-hybridized carbons (Fsp3) is 0.571. The molecule has 2 rings (SSSR count). The van der Waals surface area contributed by atoms with Crippen molar-refractivity contribution < 1.29 is 5.21 Å². The molecule has 2 heteroatoms. The van der Waals surface area contributed by atoms with Gasteiger partial charge in [0, 0.05) is 0 Å². The lowest BCUT2D eigenvalue weighted by molar-refractivity contribution is -0.181. The largest absolute Gasteiger partial charge is 0.313 e. The van der Waals surface area contributed by atoms with Crippen LogP contribution in [0.25, 0.3) is 0 Å². The molecule has 90 valence electrons. The van der Waals surface area contributed by atoms with Gasteiger partial charge in [0.15, 0.2) is 0 Å². The van der Waals surface area contributed by atoms with Crippen LogP contribution in [0.15, 0.2) is 18.2 Å². The molecule has 0 bridgehead atoms. The summed E-state index contributed by atoms with van der Waals surface area (Å²) in [6.45, 7) is 12.2. The monoisotopic (exact) mass is 221 g/mol. The minimum absolute atomic E-state index is 0.0971. The maximum atomic E-state index is 9.97. The second kappa shape index (κ2) is 4.56. The molecule has 1 N–H and O–H groups in total. The SMILES string of the molecule is CC.Cc1ccc2c(c1)C(C)N(O)C2(C)C. The van der Waals surface area contributed by atoms with E-state index < -0.39 is 0 Å². The first-order valence-electron chi connectivity index (χ1n) is 6.04. The van der Waals surface area contributed by atoms with Crippen LogP contribution in [0.4, 0.5) is 0 Å². The zero-order valence-corrected chi connectivity index (χ0v) is 11.2. The van der Waals surface area contributed by atoms with Crippen molar-refractivity contribution in [3.63, 3.8) is 0 Å². The van der Waals surface area contributed by atoms with Crippen LogP contribution in [-0.2, 0) is 5.54 Å². The van der Waals surface area contributed by atoms with E-state index in [0.29, 0.717) is 0 Å². The van der Waals surface area contributed by atoms with Crippen LogP contribution in [0.3, 0.4) is 0 Å². The van der Waals surface area contributed by atoms with Crippen molar-refractivity contribution in [2.75, 3.05) is 0 Å². The maximum Gasteiger partial charge on any atom is 0.0662 e. The highest BCUT2D eigenvalue weighted by Gasteiger charge is 2.41. The average Bonchev–Trinajstić information content (AvgIpc) is 2.43. The zero-order valence-electron chi connectivity index (χ0n) is 11.2. The van der Waals surface area contributed by atoms with E-state index in [-0.39, 0.29) is 11.6 Å². The molecule has 0 spiro atoms. The summed E-state index contributed by atoms with van der Waals surface area (Å²) in [4.78, 5) is 0. The molecule has 0 amide bonds. The summed E-state index contributed by atoms with van der Waals surface area (Å²) in [5.41, 5.74) is 3.47. The highest BCUT2D eigenvalue weighted by atomic mass is 16.5. The first-order valence-corrected chi connectivity index (χ1v) is 6.04. The molecule has 2 nitrogen and oxygen atoms in total. The smallest absolute Gasteiger partial charge is 0.0662 e. The van der Waals surface area contributed by atoms with Gasteiger partial charge in [0.1, 0.15) is 0 Å². The van der Waals surface area contributed by atoms with Crippen LogP contribution in [-0.4, -0.2) is 10.3 Å². The topological polar surface area (TPSA) is 23.5 Å². The molecular weight excluding hydrogens is 198 g/mol. The maximum absolute atomic E-state index is 9.97. The van der Waals surface area contributed by atoms with Gasteiger partial charge in [0.05, 0.1) is 11.6 Å². The molecule has 1 aromatic carbocycles. The lowest BCUT2D eigenvalue weighted by Gasteiger charge is -2.28. The minimum atomic E-state index is -0.261. The van der Waals surface area contributed by atoms with Crippen molar-refractivity contribution in [1.82, 2.24) is 5.06 Å². The number of hydroxylamine groups is 2. The summed E-state index contributed by atoms with van der Waals surface area (Å²) < 4.78 is 0. The molecule has 0 fully saturated rings. The molecule has 0 aromatic heterocycles. The predicted molar refractivity (Wildman–Crippen MR) is 67.6 cm³/mol. The summed E-state index contributed by atoms with van der Waals surface area (Å²) in [7, 11) is 0. The van der Waals surface area contributed by atoms with Gasteiger partial charge in [-0.15, -0.1) is 0 Å². The Balaban J connectivity index is 0.000000606. The fourth-order valence-corrected chi connectivity index (χ4v) is 2.32. The average molecular weight is 221 g/mol. The lowest BCUT2D eigenvalue weighted by Crippen LogP contribution is -2.33. The quantitative estimate of drug-likeness (QED) is 0.715. The Bertz CT molecular complexity index is 371. The van der Waals surface area contributed by atoms with Gasteiger partial charge < -0.3 is 5.21 Å². The molecule has 0 aliphatic carbocycles. The van der Waals surface area contributed by atoms with Gasteiger partial charge in [-0.1, -0.05) is 37.6 Å². The van der Waals surface area contributed by atoms with E-state index in [1.165, 1.54) is 21.8 Å². The molecular formula is C14H23NO. The van der Waals surface area contributed by atoms with Crippen LogP contribution in [0.1, 0.15) is 57.4 Å². The second-order valence-electron chi connectivity index (χ2n) is 4.67. The first kappa shape index (κ1) is 13.2. The predicted octanol–water partition coefficient (Wildman–Crippen LogP) is 4.02. The van der Waals surface area contributed by atoms with E-state index in [9.17, 15) is 5.21 Å². The van der Waals surface area contributed by atoms with Crippen molar-refractivity contribution in [1.29, 1.82) is 0 Å². The van der Waals surface area contributed by atoms with Gasteiger partial charge in [-0.25, -0.2) is 0 Å². The Labute approximate surface area is 98.9 Å². The third kappa shape index (κ3) is 1.87. The highest BCUT2D eigenvalue weighted by Crippen LogP contribution is 2.44. The number of rotatable bonds is 0. The first-order chi connectivity index (χ1) is 7.44. The van der Waals surface area contributed by atoms with E-state index in [2.05, 4.69) is 25.1 Å². The molecule has 1 atom stereocenters. The minimum Gasteiger partial charge on any atom is -0.313 e. The van der Waals surface area contributed by atoms with Crippen LogP contribution < -0.4 is 0 Å². The summed E-state index contributed by atoms with van der Waals surface area (Å²) in [6.07, 6.45) is 0. The standard InChI is InChI=1S/C12H17NO.C2H6/c1-8-5-6-11-10(7-8)9(2)13(14)12(11,3)4;1-2/h5-7,9,14H,1-4H3;1-2H3. The van der Waals surface area contributed by atoms with Gasteiger partial charge in [0.2, 0.25) is 0 Å². The van der Waals surface area contributed by atoms with Crippen molar-refractivity contribution >= 4 is 0 Å². The van der Waals surface area contributed by atoms with Crippen molar-refractivity contribution in [3.05, 3.63) is 34.9 Å². The van der Waals surface area contributed by atoms with Crippen molar-refractivity contribution in [3.8, 4) is 0 Å². The molecule has 16 heavy (non-hydrogen) atoms. The van der Waals surface area contributed by atoms with Crippen molar-refractivity contribution in [2.45, 2.75) is 53.1 Å². The third-order valence-corrected chi connectivity index (χ3v) is 3.26. The number of hydrogen-bond donors (Lipinski definition) is 1. The molecule has 0 radical (unpaired) electrons. The highest BCUT2D eigenvalue weighted by molar-refractivity contribution is 5.41. The second-order valence-corrected chi connectivity index (χ2v) is 4.67. The Kier molecular flexibility index (Phi) is 3.76. The van der Waals surface area contributed by atoms with Crippen molar-refractivity contribution in [2.24, 2.45) is 0 Å². The summed E-state index contributed by atoms with van der Waals surface area (Å²) in [6, 6.07) is 6.49. The molecule has 1 aliphatic heterocycles. The number of aryl methyl sites for hydroxylation is 1. The van der Waals surface area contributed by atoms with Crippen LogP contribution in [0, 0.1) is 6.92 Å². The van der Waals surface area contributed by atoms with E-state index in [4.69, 9.17) is 0 Å². The number of fused-ring (bicyclic) bond motifs is 1.